The van der Waals surface area contributed by atoms with Crippen LogP contribution in [0, 0.1) is 0 Å². The van der Waals surface area contributed by atoms with Gasteiger partial charge >= 0.3 is 5.97 Å². The highest BCUT2D eigenvalue weighted by Crippen LogP contribution is 2.16. The predicted octanol–water partition coefficient (Wildman–Crippen LogP) is 1.35. The molecule has 0 fully saturated rings. The van der Waals surface area contributed by atoms with Crippen LogP contribution in [-0.2, 0) is 6.61 Å². The molecule has 2 rings (SSSR count). The summed E-state index contributed by atoms with van der Waals surface area (Å²) in [5.74, 6) is -0.417. The lowest BCUT2D eigenvalue weighted by molar-refractivity contribution is 0.0684. The average Bonchev–Trinajstić information content (AvgIpc) is 2.79. The van der Waals surface area contributed by atoms with Crippen molar-refractivity contribution in [1.82, 2.24) is 10.1 Å². The molecule has 0 unspecified atom stereocenters. The molecule has 0 saturated heterocycles. The van der Waals surface area contributed by atoms with Crippen LogP contribution in [0.15, 0.2) is 35.1 Å². The standard InChI is InChI=1S/C10H8N2O4/c13-10(14)9-8(2-1-4-11-9)15-6-7-3-5-12-16-7/h1-5H,6H2,(H,13,14). The van der Waals surface area contributed by atoms with E-state index in [0.29, 0.717) is 5.76 Å². The van der Waals surface area contributed by atoms with E-state index in [2.05, 4.69) is 10.1 Å². The molecule has 0 aliphatic carbocycles. The smallest absolute Gasteiger partial charge is 0.358 e. The molecule has 0 bridgehead atoms. The van der Waals surface area contributed by atoms with Crippen molar-refractivity contribution >= 4 is 5.97 Å². The number of carboxylic acid groups (broad SMARTS) is 1. The third-order valence-corrected chi connectivity index (χ3v) is 1.83. The van der Waals surface area contributed by atoms with Crippen LogP contribution in [-0.4, -0.2) is 21.2 Å². The van der Waals surface area contributed by atoms with Gasteiger partial charge in [-0.2, -0.15) is 0 Å². The largest absolute Gasteiger partial charge is 0.483 e. The fourth-order valence-corrected chi connectivity index (χ4v) is 1.13. The van der Waals surface area contributed by atoms with E-state index in [1.54, 1.807) is 12.1 Å². The van der Waals surface area contributed by atoms with E-state index in [1.165, 1.54) is 18.5 Å². The highest BCUT2D eigenvalue weighted by molar-refractivity contribution is 5.88. The lowest BCUT2D eigenvalue weighted by Crippen LogP contribution is -2.05. The molecule has 2 heterocycles. The zero-order chi connectivity index (χ0) is 11.4. The topological polar surface area (TPSA) is 85.5 Å². The Kier molecular flexibility index (Phi) is 2.81. The molecule has 0 radical (unpaired) electrons. The number of carboxylic acids is 1. The minimum Gasteiger partial charge on any atom is -0.483 e. The minimum atomic E-state index is -1.13. The van der Waals surface area contributed by atoms with Crippen molar-refractivity contribution in [2.75, 3.05) is 0 Å². The molecule has 2 aromatic rings. The molecule has 0 aromatic carbocycles. The first-order valence-corrected chi connectivity index (χ1v) is 4.48. The van der Waals surface area contributed by atoms with E-state index in [0.717, 1.165) is 0 Å². The Bertz CT molecular complexity index is 481. The van der Waals surface area contributed by atoms with Crippen molar-refractivity contribution in [1.29, 1.82) is 0 Å². The van der Waals surface area contributed by atoms with Gasteiger partial charge in [-0.1, -0.05) is 5.16 Å². The number of ether oxygens (including phenoxy) is 1. The van der Waals surface area contributed by atoms with Crippen LogP contribution in [0.3, 0.4) is 0 Å². The van der Waals surface area contributed by atoms with Crippen LogP contribution in [0.5, 0.6) is 5.75 Å². The number of nitrogens with zero attached hydrogens (tertiary/aromatic N) is 2. The van der Waals surface area contributed by atoms with Gasteiger partial charge in [0, 0.05) is 12.3 Å². The van der Waals surface area contributed by atoms with E-state index in [4.69, 9.17) is 14.4 Å². The number of aromatic carboxylic acids is 1. The van der Waals surface area contributed by atoms with Gasteiger partial charge < -0.3 is 14.4 Å². The molecule has 0 atom stereocenters. The van der Waals surface area contributed by atoms with E-state index in [1.807, 2.05) is 0 Å². The number of aromatic nitrogens is 2. The van der Waals surface area contributed by atoms with Gasteiger partial charge in [-0.3, -0.25) is 0 Å². The maximum Gasteiger partial charge on any atom is 0.358 e. The molecule has 0 amide bonds. The zero-order valence-electron chi connectivity index (χ0n) is 8.16. The number of carbonyl (C=O) groups is 1. The van der Waals surface area contributed by atoms with Crippen LogP contribution in [0.1, 0.15) is 16.2 Å². The van der Waals surface area contributed by atoms with Gasteiger partial charge in [-0.25, -0.2) is 9.78 Å². The van der Waals surface area contributed by atoms with Crippen molar-refractivity contribution in [2.24, 2.45) is 0 Å². The molecule has 0 spiro atoms. The van der Waals surface area contributed by atoms with Crippen LogP contribution >= 0.6 is 0 Å². The van der Waals surface area contributed by atoms with Crippen LogP contribution in [0.4, 0.5) is 0 Å². The second-order valence-electron chi connectivity index (χ2n) is 2.92. The molecule has 1 N–H and O–H groups in total. The van der Waals surface area contributed by atoms with Gasteiger partial charge in [0.25, 0.3) is 0 Å². The second-order valence-corrected chi connectivity index (χ2v) is 2.92. The van der Waals surface area contributed by atoms with E-state index >= 15 is 0 Å². The minimum absolute atomic E-state index is 0.117. The third-order valence-electron chi connectivity index (χ3n) is 1.83. The molecule has 6 nitrogen and oxygen atoms in total. The predicted molar refractivity (Wildman–Crippen MR) is 52.0 cm³/mol. The summed E-state index contributed by atoms with van der Waals surface area (Å²) in [6.07, 6.45) is 2.88. The maximum absolute atomic E-state index is 10.8. The molecular weight excluding hydrogens is 212 g/mol. The molecular formula is C10H8N2O4. The first-order chi connectivity index (χ1) is 7.77. The van der Waals surface area contributed by atoms with E-state index in [9.17, 15) is 4.79 Å². The summed E-state index contributed by atoms with van der Waals surface area (Å²) in [4.78, 5) is 14.5. The summed E-state index contributed by atoms with van der Waals surface area (Å²) in [6.45, 7) is 0.117. The van der Waals surface area contributed by atoms with Crippen molar-refractivity contribution < 1.29 is 19.2 Å². The summed E-state index contributed by atoms with van der Waals surface area (Å²) in [5, 5.41) is 12.3. The lowest BCUT2D eigenvalue weighted by atomic mass is 10.3. The van der Waals surface area contributed by atoms with Crippen LogP contribution in [0.25, 0.3) is 0 Å². The number of pyridine rings is 1. The maximum atomic E-state index is 10.8. The SMILES string of the molecule is O=C(O)c1ncccc1OCc1ccno1. The normalized spacial score (nSPS) is 10.0. The highest BCUT2D eigenvalue weighted by Gasteiger charge is 2.12. The Morgan fingerprint density at radius 2 is 2.31 bits per heavy atom. The first-order valence-electron chi connectivity index (χ1n) is 4.48. The molecule has 0 aliphatic heterocycles. The van der Waals surface area contributed by atoms with Gasteiger partial charge in [-0.05, 0) is 12.1 Å². The summed E-state index contributed by atoms with van der Waals surface area (Å²) in [7, 11) is 0. The highest BCUT2D eigenvalue weighted by atomic mass is 16.5. The molecule has 0 saturated carbocycles. The third kappa shape index (κ3) is 2.17. The van der Waals surface area contributed by atoms with Crippen LogP contribution < -0.4 is 4.74 Å². The van der Waals surface area contributed by atoms with Crippen LogP contribution in [0.2, 0.25) is 0 Å². The monoisotopic (exact) mass is 220 g/mol. The molecule has 16 heavy (non-hydrogen) atoms. The molecule has 6 heteroatoms. The fraction of sp³-hybridized carbons (Fsp3) is 0.100. The van der Waals surface area contributed by atoms with E-state index < -0.39 is 5.97 Å². The number of hydrogen-bond acceptors (Lipinski definition) is 5. The van der Waals surface area contributed by atoms with Crippen molar-refractivity contribution in [3.05, 3.63) is 42.0 Å². The Balaban J connectivity index is 2.12. The lowest BCUT2D eigenvalue weighted by Gasteiger charge is -2.05. The Morgan fingerprint density at radius 3 is 3.00 bits per heavy atom. The van der Waals surface area contributed by atoms with E-state index in [-0.39, 0.29) is 18.1 Å². The number of hydrogen-bond donors (Lipinski definition) is 1. The summed E-state index contributed by atoms with van der Waals surface area (Å²) < 4.78 is 10.1. The zero-order valence-corrected chi connectivity index (χ0v) is 8.16. The van der Waals surface area contributed by atoms with Crippen molar-refractivity contribution in [3.8, 4) is 5.75 Å². The van der Waals surface area contributed by atoms with Gasteiger partial charge in [0.1, 0.15) is 6.61 Å². The van der Waals surface area contributed by atoms with Gasteiger partial charge in [0.15, 0.2) is 17.2 Å². The Labute approximate surface area is 90.5 Å². The second kappa shape index (κ2) is 4.43. The first kappa shape index (κ1) is 10.2. The summed E-state index contributed by atoms with van der Waals surface area (Å²) in [6, 6.07) is 4.77. The summed E-state index contributed by atoms with van der Waals surface area (Å²) >= 11 is 0. The molecule has 0 aliphatic rings. The molecule has 82 valence electrons. The quantitative estimate of drug-likeness (QED) is 0.836. The molecule has 2 aromatic heterocycles. The van der Waals surface area contributed by atoms with Crippen molar-refractivity contribution in [3.63, 3.8) is 0 Å². The summed E-state index contributed by atoms with van der Waals surface area (Å²) in [5.41, 5.74) is -0.123. The van der Waals surface area contributed by atoms with Gasteiger partial charge in [0.05, 0.1) is 6.20 Å². The number of rotatable bonds is 4. The Morgan fingerprint density at radius 1 is 1.44 bits per heavy atom. The van der Waals surface area contributed by atoms with Gasteiger partial charge in [-0.15, -0.1) is 0 Å². The fourth-order valence-electron chi connectivity index (χ4n) is 1.13. The average molecular weight is 220 g/mol. The Hall–Kier alpha value is -2.37. The van der Waals surface area contributed by atoms with Gasteiger partial charge in [0.2, 0.25) is 0 Å². The van der Waals surface area contributed by atoms with Crippen molar-refractivity contribution in [2.45, 2.75) is 6.61 Å².